The Labute approximate surface area is 188 Å². The Morgan fingerprint density at radius 2 is 1.91 bits per heavy atom. The van der Waals surface area contributed by atoms with Gasteiger partial charge in [0.1, 0.15) is 22.8 Å². The second kappa shape index (κ2) is 9.01. The van der Waals surface area contributed by atoms with Gasteiger partial charge in [0, 0.05) is 12.4 Å². The molecule has 2 aromatic carbocycles. The van der Waals surface area contributed by atoms with E-state index in [1.807, 2.05) is 0 Å². The molecule has 0 saturated carbocycles. The van der Waals surface area contributed by atoms with Crippen LogP contribution in [0.1, 0.15) is 5.56 Å². The van der Waals surface area contributed by atoms with Crippen molar-refractivity contribution in [1.29, 1.82) is 0 Å². The summed E-state index contributed by atoms with van der Waals surface area (Å²) >= 11 is 1.12. The summed E-state index contributed by atoms with van der Waals surface area (Å²) in [5, 5.41) is 0.212. The number of halogens is 1. The molecule has 0 aliphatic heterocycles. The molecule has 0 unspecified atom stereocenters. The van der Waals surface area contributed by atoms with Gasteiger partial charge >= 0.3 is 0 Å². The Balaban J connectivity index is 1.68. The van der Waals surface area contributed by atoms with Gasteiger partial charge in [0.15, 0.2) is 15.0 Å². The number of hydrogen-bond donors (Lipinski definition) is 0. The number of thiazole rings is 1. The van der Waals surface area contributed by atoms with Gasteiger partial charge in [0.25, 0.3) is 0 Å². The molecule has 4 aromatic rings. The molecule has 0 saturated heterocycles. The molecule has 0 spiro atoms. The van der Waals surface area contributed by atoms with E-state index in [2.05, 4.69) is 9.97 Å². The molecule has 0 N–H and O–H groups in total. The summed E-state index contributed by atoms with van der Waals surface area (Å²) in [4.78, 5) is 22.8. The first-order valence-corrected chi connectivity index (χ1v) is 12.0. The third kappa shape index (κ3) is 4.61. The Morgan fingerprint density at radius 3 is 2.56 bits per heavy atom. The molecule has 2 aromatic heterocycles. The second-order valence-corrected chi connectivity index (χ2v) is 9.86. The molecule has 0 aliphatic carbocycles. The number of para-hydroxylation sites is 1. The van der Waals surface area contributed by atoms with Crippen molar-refractivity contribution in [3.63, 3.8) is 0 Å². The second-order valence-electron chi connectivity index (χ2n) is 6.86. The van der Waals surface area contributed by atoms with Gasteiger partial charge in [-0.1, -0.05) is 23.5 Å². The topological polar surface area (TPSA) is 89.5 Å². The number of benzene rings is 2. The largest absolute Gasteiger partial charge is 0.497 e. The SMILES string of the molecule is COc1ccc(S(=O)(=O)CC(=O)N(Cc2cccnc2)c2nc3c(F)cccc3s2)cc1. The van der Waals surface area contributed by atoms with E-state index in [0.717, 1.165) is 11.3 Å². The van der Waals surface area contributed by atoms with Crippen LogP contribution < -0.4 is 9.64 Å². The van der Waals surface area contributed by atoms with Crippen LogP contribution in [0.25, 0.3) is 10.2 Å². The van der Waals surface area contributed by atoms with Crippen LogP contribution >= 0.6 is 11.3 Å². The van der Waals surface area contributed by atoms with E-state index in [4.69, 9.17) is 4.74 Å². The van der Waals surface area contributed by atoms with E-state index in [1.165, 1.54) is 42.3 Å². The Bertz CT molecular complexity index is 1360. The highest BCUT2D eigenvalue weighted by Gasteiger charge is 2.27. The fourth-order valence-corrected chi connectivity index (χ4v) is 5.26. The van der Waals surface area contributed by atoms with E-state index in [0.29, 0.717) is 16.0 Å². The predicted molar refractivity (Wildman–Crippen MR) is 120 cm³/mol. The smallest absolute Gasteiger partial charge is 0.244 e. The Kier molecular flexibility index (Phi) is 6.15. The number of methoxy groups -OCH3 is 1. The van der Waals surface area contributed by atoms with E-state index in [-0.39, 0.29) is 22.1 Å². The van der Waals surface area contributed by atoms with Crippen LogP contribution in [0.3, 0.4) is 0 Å². The minimum Gasteiger partial charge on any atom is -0.497 e. The number of hydrogen-bond acceptors (Lipinski definition) is 7. The number of amides is 1. The highest BCUT2D eigenvalue weighted by molar-refractivity contribution is 7.92. The number of fused-ring (bicyclic) bond motifs is 1. The predicted octanol–water partition coefficient (Wildman–Crippen LogP) is 3.85. The van der Waals surface area contributed by atoms with Gasteiger partial charge in [-0.2, -0.15) is 0 Å². The van der Waals surface area contributed by atoms with Crippen molar-refractivity contribution in [3.8, 4) is 5.75 Å². The highest BCUT2D eigenvalue weighted by atomic mass is 32.2. The summed E-state index contributed by atoms with van der Waals surface area (Å²) in [6.07, 6.45) is 3.17. The van der Waals surface area contributed by atoms with Crippen molar-refractivity contribution >= 4 is 42.4 Å². The lowest BCUT2D eigenvalue weighted by molar-refractivity contribution is -0.116. The molecule has 1 amide bonds. The van der Waals surface area contributed by atoms with Crippen LogP contribution in [-0.4, -0.2) is 37.2 Å². The first-order valence-electron chi connectivity index (χ1n) is 9.48. The van der Waals surface area contributed by atoms with Gasteiger partial charge in [-0.25, -0.2) is 17.8 Å². The summed E-state index contributed by atoms with van der Waals surface area (Å²) in [7, 11) is -2.45. The monoisotopic (exact) mass is 471 g/mol. The molecule has 0 aliphatic rings. The van der Waals surface area contributed by atoms with Gasteiger partial charge in [-0.3, -0.25) is 14.7 Å². The number of ether oxygens (including phenoxy) is 1. The lowest BCUT2D eigenvalue weighted by Crippen LogP contribution is -2.35. The zero-order valence-corrected chi connectivity index (χ0v) is 18.6. The normalized spacial score (nSPS) is 11.4. The number of pyridine rings is 1. The lowest BCUT2D eigenvalue weighted by Gasteiger charge is -2.20. The molecular weight excluding hydrogens is 453 g/mol. The van der Waals surface area contributed by atoms with E-state index in [1.54, 1.807) is 36.7 Å². The summed E-state index contributed by atoms with van der Waals surface area (Å²) < 4.78 is 45.5. The first kappa shape index (κ1) is 21.8. The third-order valence-electron chi connectivity index (χ3n) is 4.69. The molecule has 0 bridgehead atoms. The number of nitrogens with zero attached hydrogens (tertiary/aromatic N) is 3. The van der Waals surface area contributed by atoms with Gasteiger partial charge in [-0.15, -0.1) is 0 Å². The van der Waals surface area contributed by atoms with Gasteiger partial charge in [-0.05, 0) is 48.0 Å². The van der Waals surface area contributed by atoms with Crippen LogP contribution in [0, 0.1) is 5.82 Å². The number of sulfone groups is 1. The first-order chi connectivity index (χ1) is 15.4. The summed E-state index contributed by atoms with van der Waals surface area (Å²) in [6.45, 7) is 0.0479. The van der Waals surface area contributed by atoms with Crippen molar-refractivity contribution < 1.29 is 22.3 Å². The highest BCUT2D eigenvalue weighted by Crippen LogP contribution is 2.31. The quantitative estimate of drug-likeness (QED) is 0.407. The van der Waals surface area contributed by atoms with Crippen LogP contribution in [0.5, 0.6) is 5.75 Å². The fourth-order valence-electron chi connectivity index (χ4n) is 3.06. The van der Waals surface area contributed by atoms with Gasteiger partial charge < -0.3 is 4.74 Å². The van der Waals surface area contributed by atoms with Gasteiger partial charge in [0.05, 0.1) is 23.2 Å². The van der Waals surface area contributed by atoms with Gasteiger partial charge in [0.2, 0.25) is 5.91 Å². The molecule has 0 atom stereocenters. The maximum atomic E-state index is 14.2. The van der Waals surface area contributed by atoms with Crippen LogP contribution in [0.2, 0.25) is 0 Å². The minimum atomic E-state index is -3.93. The van der Waals surface area contributed by atoms with Crippen molar-refractivity contribution in [2.24, 2.45) is 0 Å². The van der Waals surface area contributed by atoms with Crippen molar-refractivity contribution in [2.45, 2.75) is 11.4 Å². The van der Waals surface area contributed by atoms with Crippen molar-refractivity contribution in [1.82, 2.24) is 9.97 Å². The molecular formula is C22H18FN3O4S2. The summed E-state index contributed by atoms with van der Waals surface area (Å²) in [5.74, 6) is -1.45. The molecule has 0 radical (unpaired) electrons. The average Bonchev–Trinajstić information content (AvgIpc) is 3.23. The molecule has 164 valence electrons. The Hall–Kier alpha value is -3.37. The van der Waals surface area contributed by atoms with Crippen LogP contribution in [-0.2, 0) is 21.2 Å². The van der Waals surface area contributed by atoms with E-state index in [9.17, 15) is 17.6 Å². The lowest BCUT2D eigenvalue weighted by atomic mass is 10.2. The Morgan fingerprint density at radius 1 is 1.12 bits per heavy atom. The number of rotatable bonds is 7. The van der Waals surface area contributed by atoms with E-state index >= 15 is 0 Å². The van der Waals surface area contributed by atoms with Crippen molar-refractivity contribution in [2.75, 3.05) is 17.8 Å². The molecule has 0 fully saturated rings. The van der Waals surface area contributed by atoms with Crippen LogP contribution in [0.4, 0.5) is 9.52 Å². The molecule has 2 heterocycles. The van der Waals surface area contributed by atoms with Crippen molar-refractivity contribution in [3.05, 3.63) is 78.4 Å². The molecule has 32 heavy (non-hydrogen) atoms. The molecule has 7 nitrogen and oxygen atoms in total. The molecule has 10 heteroatoms. The fraction of sp³-hybridized carbons (Fsp3) is 0.136. The summed E-state index contributed by atoms with van der Waals surface area (Å²) in [5.41, 5.74) is 0.817. The minimum absolute atomic E-state index is 0.00308. The average molecular weight is 472 g/mol. The number of anilines is 1. The molecule has 4 rings (SSSR count). The third-order valence-corrected chi connectivity index (χ3v) is 7.35. The maximum absolute atomic E-state index is 14.2. The number of aromatic nitrogens is 2. The zero-order valence-electron chi connectivity index (χ0n) is 16.9. The standard InChI is InChI=1S/C22H18FN3O4S2/c1-30-16-7-9-17(10-8-16)32(28,29)14-20(27)26(13-15-4-3-11-24-12-15)22-25-21-18(23)5-2-6-19(21)31-22/h2-12H,13-14H2,1H3. The van der Waals surface area contributed by atoms with E-state index < -0.39 is 27.3 Å². The zero-order chi connectivity index (χ0) is 22.7. The number of carbonyl (C=O) groups excluding carboxylic acids is 1. The van der Waals surface area contributed by atoms with Crippen LogP contribution in [0.15, 0.2) is 71.9 Å². The number of carbonyl (C=O) groups is 1. The maximum Gasteiger partial charge on any atom is 0.244 e. The summed E-state index contributed by atoms with van der Waals surface area (Å²) in [6, 6.07) is 13.8.